The van der Waals surface area contributed by atoms with Gasteiger partial charge in [0, 0.05) is 19.7 Å². The molecule has 0 fully saturated rings. The number of hydrogen-bond donors (Lipinski definition) is 0. The van der Waals surface area contributed by atoms with Crippen molar-refractivity contribution in [1.82, 2.24) is 9.80 Å². The number of methoxy groups -OCH3 is 1. The van der Waals surface area contributed by atoms with E-state index in [4.69, 9.17) is 16.3 Å². The zero-order valence-electron chi connectivity index (χ0n) is 12.9. The van der Waals surface area contributed by atoms with Gasteiger partial charge in [0.2, 0.25) is 5.91 Å². The summed E-state index contributed by atoms with van der Waals surface area (Å²) >= 11 is 6.02. The SMILES string of the molecule is CCN(CC(=O)c1ccc(OC)c(Cl)c1)CC(=O)N(C)C. The lowest BCUT2D eigenvalue weighted by atomic mass is 10.1. The van der Waals surface area contributed by atoms with E-state index in [0.29, 0.717) is 22.9 Å². The third-order valence-corrected chi connectivity index (χ3v) is 3.44. The molecule has 0 saturated heterocycles. The first-order valence-electron chi connectivity index (χ1n) is 6.68. The Morgan fingerprint density at radius 3 is 2.38 bits per heavy atom. The van der Waals surface area contributed by atoms with Gasteiger partial charge < -0.3 is 9.64 Å². The molecule has 0 radical (unpaired) electrons. The molecule has 1 amide bonds. The van der Waals surface area contributed by atoms with Crippen molar-refractivity contribution in [1.29, 1.82) is 0 Å². The number of benzene rings is 1. The Kier molecular flexibility index (Phi) is 6.65. The zero-order chi connectivity index (χ0) is 16.0. The minimum absolute atomic E-state index is 0.0302. The second-order valence-electron chi connectivity index (χ2n) is 4.86. The predicted octanol–water partition coefficient (Wildman–Crippen LogP) is 1.94. The minimum Gasteiger partial charge on any atom is -0.495 e. The molecule has 0 spiro atoms. The highest BCUT2D eigenvalue weighted by Gasteiger charge is 2.16. The number of hydrogen-bond acceptors (Lipinski definition) is 4. The van der Waals surface area contributed by atoms with Crippen molar-refractivity contribution in [3.8, 4) is 5.75 Å². The van der Waals surface area contributed by atoms with Crippen molar-refractivity contribution in [2.75, 3.05) is 40.8 Å². The van der Waals surface area contributed by atoms with Gasteiger partial charge >= 0.3 is 0 Å². The van der Waals surface area contributed by atoms with Crippen molar-refractivity contribution >= 4 is 23.3 Å². The van der Waals surface area contributed by atoms with Crippen molar-refractivity contribution in [3.05, 3.63) is 28.8 Å². The average molecular weight is 313 g/mol. The number of nitrogens with zero attached hydrogens (tertiary/aromatic N) is 2. The van der Waals surface area contributed by atoms with Gasteiger partial charge in [-0.05, 0) is 24.7 Å². The van der Waals surface area contributed by atoms with Gasteiger partial charge in [-0.3, -0.25) is 14.5 Å². The van der Waals surface area contributed by atoms with Crippen molar-refractivity contribution < 1.29 is 14.3 Å². The number of amides is 1. The molecule has 0 aliphatic carbocycles. The zero-order valence-corrected chi connectivity index (χ0v) is 13.6. The third-order valence-electron chi connectivity index (χ3n) is 3.15. The summed E-state index contributed by atoms with van der Waals surface area (Å²) in [5.74, 6) is 0.425. The van der Waals surface area contributed by atoms with Crippen LogP contribution in [-0.2, 0) is 4.79 Å². The Bertz CT molecular complexity index is 518. The second-order valence-corrected chi connectivity index (χ2v) is 5.27. The van der Waals surface area contributed by atoms with E-state index < -0.39 is 0 Å². The van der Waals surface area contributed by atoms with Gasteiger partial charge in [0.25, 0.3) is 0 Å². The van der Waals surface area contributed by atoms with Crippen LogP contribution in [0.15, 0.2) is 18.2 Å². The molecule has 116 valence electrons. The average Bonchev–Trinajstić information content (AvgIpc) is 2.45. The summed E-state index contributed by atoms with van der Waals surface area (Å²) in [4.78, 5) is 27.3. The highest BCUT2D eigenvalue weighted by molar-refractivity contribution is 6.32. The maximum Gasteiger partial charge on any atom is 0.236 e. The van der Waals surface area contributed by atoms with Crippen LogP contribution < -0.4 is 4.74 Å². The first-order valence-corrected chi connectivity index (χ1v) is 7.06. The Morgan fingerprint density at radius 2 is 1.90 bits per heavy atom. The molecule has 0 bridgehead atoms. The van der Waals surface area contributed by atoms with Gasteiger partial charge in [-0.25, -0.2) is 0 Å². The van der Waals surface area contributed by atoms with E-state index in [1.165, 1.54) is 12.0 Å². The third kappa shape index (κ3) is 5.02. The first-order chi connectivity index (χ1) is 9.88. The van der Waals surface area contributed by atoms with E-state index in [-0.39, 0.29) is 24.8 Å². The molecule has 0 unspecified atom stereocenters. The fourth-order valence-corrected chi connectivity index (χ4v) is 2.00. The summed E-state index contributed by atoms with van der Waals surface area (Å²) < 4.78 is 5.06. The fraction of sp³-hybridized carbons (Fsp3) is 0.467. The fourth-order valence-electron chi connectivity index (χ4n) is 1.75. The summed E-state index contributed by atoms with van der Waals surface area (Å²) in [6.07, 6.45) is 0. The maximum atomic E-state index is 12.3. The number of halogens is 1. The highest BCUT2D eigenvalue weighted by Crippen LogP contribution is 2.25. The van der Waals surface area contributed by atoms with E-state index in [2.05, 4.69) is 0 Å². The number of ether oxygens (including phenoxy) is 1. The van der Waals surface area contributed by atoms with E-state index >= 15 is 0 Å². The Hall–Kier alpha value is -1.59. The van der Waals surface area contributed by atoms with Crippen LogP contribution in [0.3, 0.4) is 0 Å². The van der Waals surface area contributed by atoms with Gasteiger partial charge in [0.1, 0.15) is 5.75 Å². The Balaban J connectivity index is 2.74. The molecule has 0 aliphatic rings. The van der Waals surface area contributed by atoms with E-state index in [1.807, 2.05) is 6.92 Å². The molecule has 1 rings (SSSR count). The maximum absolute atomic E-state index is 12.3. The molecule has 1 aromatic rings. The van der Waals surface area contributed by atoms with E-state index in [1.54, 1.807) is 37.2 Å². The summed E-state index contributed by atoms with van der Waals surface area (Å²) in [5.41, 5.74) is 0.511. The van der Waals surface area contributed by atoms with Gasteiger partial charge in [0.15, 0.2) is 5.78 Å². The quantitative estimate of drug-likeness (QED) is 0.722. The van der Waals surface area contributed by atoms with E-state index in [9.17, 15) is 9.59 Å². The number of rotatable bonds is 7. The topological polar surface area (TPSA) is 49.9 Å². The van der Waals surface area contributed by atoms with E-state index in [0.717, 1.165) is 0 Å². The Morgan fingerprint density at radius 1 is 1.24 bits per heavy atom. The standard InChI is InChI=1S/C15H21ClN2O3/c1-5-18(10-15(20)17(2)3)9-13(19)11-6-7-14(21-4)12(16)8-11/h6-8H,5,9-10H2,1-4H3. The molecule has 0 aliphatic heterocycles. The van der Waals surface area contributed by atoms with Gasteiger partial charge in [-0.1, -0.05) is 18.5 Å². The van der Waals surface area contributed by atoms with Crippen molar-refractivity contribution in [3.63, 3.8) is 0 Å². The van der Waals surface area contributed by atoms with Crippen molar-refractivity contribution in [2.45, 2.75) is 6.92 Å². The van der Waals surface area contributed by atoms with Crippen LogP contribution in [0.5, 0.6) is 5.75 Å². The Labute approximate surface area is 130 Å². The normalized spacial score (nSPS) is 10.6. The van der Waals surface area contributed by atoms with Crippen LogP contribution in [-0.4, -0.2) is 62.3 Å². The largest absolute Gasteiger partial charge is 0.495 e. The molecule has 21 heavy (non-hydrogen) atoms. The lowest BCUT2D eigenvalue weighted by Gasteiger charge is -2.21. The van der Waals surface area contributed by atoms with Gasteiger partial charge in [-0.2, -0.15) is 0 Å². The van der Waals surface area contributed by atoms with Crippen LogP contribution in [0.4, 0.5) is 0 Å². The monoisotopic (exact) mass is 312 g/mol. The van der Waals surface area contributed by atoms with Crippen LogP contribution in [0.25, 0.3) is 0 Å². The number of carbonyl (C=O) groups excluding carboxylic acids is 2. The molecular formula is C15H21ClN2O3. The molecule has 0 heterocycles. The summed E-state index contributed by atoms with van der Waals surface area (Å²) in [7, 11) is 4.91. The molecule has 6 heteroatoms. The lowest BCUT2D eigenvalue weighted by molar-refractivity contribution is -0.129. The molecule has 5 nitrogen and oxygen atoms in total. The number of carbonyl (C=O) groups is 2. The van der Waals surface area contributed by atoms with Crippen LogP contribution in [0.1, 0.15) is 17.3 Å². The summed E-state index contributed by atoms with van der Waals surface area (Å²) in [6, 6.07) is 4.93. The number of likely N-dealkylation sites (N-methyl/N-ethyl adjacent to an activating group) is 2. The van der Waals surface area contributed by atoms with Gasteiger partial charge in [0.05, 0.1) is 25.2 Å². The van der Waals surface area contributed by atoms with Crippen molar-refractivity contribution in [2.24, 2.45) is 0 Å². The molecule has 0 saturated carbocycles. The summed E-state index contributed by atoms with van der Waals surface area (Å²) in [5, 5.41) is 0.399. The first kappa shape index (κ1) is 17.5. The molecule has 1 aromatic carbocycles. The summed E-state index contributed by atoms with van der Waals surface area (Å²) in [6.45, 7) is 2.93. The molecule has 0 N–H and O–H groups in total. The van der Waals surface area contributed by atoms with Crippen LogP contribution in [0, 0.1) is 0 Å². The molecule has 0 atom stereocenters. The number of ketones is 1. The minimum atomic E-state index is -0.0760. The molecular weight excluding hydrogens is 292 g/mol. The van der Waals surface area contributed by atoms with Crippen LogP contribution >= 0.6 is 11.6 Å². The number of Topliss-reactive ketones (excluding diaryl/α,β-unsaturated/α-hetero) is 1. The lowest BCUT2D eigenvalue weighted by Crippen LogP contribution is -2.39. The highest BCUT2D eigenvalue weighted by atomic mass is 35.5. The second kappa shape index (κ2) is 8.00. The predicted molar refractivity (Wildman–Crippen MR) is 83.1 cm³/mol. The van der Waals surface area contributed by atoms with Crippen LogP contribution in [0.2, 0.25) is 5.02 Å². The molecule has 0 aromatic heterocycles. The smallest absolute Gasteiger partial charge is 0.236 e. The van der Waals surface area contributed by atoms with Gasteiger partial charge in [-0.15, -0.1) is 0 Å².